The van der Waals surface area contributed by atoms with Gasteiger partial charge in [-0.3, -0.25) is 4.79 Å². The first-order chi connectivity index (χ1) is 19.6. The van der Waals surface area contributed by atoms with Crippen LogP contribution in [0.3, 0.4) is 0 Å². The van der Waals surface area contributed by atoms with E-state index in [-0.39, 0.29) is 17.2 Å². The van der Waals surface area contributed by atoms with Gasteiger partial charge in [0, 0.05) is 43.8 Å². The average Bonchev–Trinajstić information content (AvgIpc) is 3.00. The Morgan fingerprint density at radius 2 is 1.70 bits per heavy atom. The molecule has 0 bridgehead atoms. The van der Waals surface area contributed by atoms with Gasteiger partial charge < -0.3 is 29.0 Å². The van der Waals surface area contributed by atoms with E-state index in [9.17, 15) is 4.79 Å². The Balaban J connectivity index is 1.33. The zero-order valence-corrected chi connectivity index (χ0v) is 23.5. The van der Waals surface area contributed by atoms with Gasteiger partial charge in [0.2, 0.25) is 17.1 Å². The van der Waals surface area contributed by atoms with Crippen molar-refractivity contribution in [1.82, 2.24) is 5.32 Å². The van der Waals surface area contributed by atoms with E-state index in [0.29, 0.717) is 49.8 Å². The maximum Gasteiger partial charge on any atom is 0.243 e. The Kier molecular flexibility index (Phi) is 7.96. The summed E-state index contributed by atoms with van der Waals surface area (Å²) in [6.07, 6.45) is 0.847. The molecule has 3 heterocycles. The lowest BCUT2D eigenvalue weighted by Gasteiger charge is -2.38. The molecule has 4 aromatic rings. The van der Waals surface area contributed by atoms with Crippen LogP contribution in [0.5, 0.6) is 5.75 Å². The number of morpholine rings is 1. The van der Waals surface area contributed by atoms with Crippen LogP contribution in [0.25, 0.3) is 22.1 Å². The van der Waals surface area contributed by atoms with Crippen LogP contribution in [-0.2, 0) is 11.2 Å². The van der Waals surface area contributed by atoms with Crippen molar-refractivity contribution in [3.05, 3.63) is 87.5 Å². The third-order valence-corrected chi connectivity index (χ3v) is 7.94. The first-order valence-corrected chi connectivity index (χ1v) is 14.4. The maximum atomic E-state index is 14.0. The summed E-state index contributed by atoms with van der Waals surface area (Å²) in [6, 6.07) is 22.7. The fraction of sp³-hybridized carbons (Fsp3) is 0.344. The van der Waals surface area contributed by atoms with Crippen LogP contribution >= 0.6 is 11.6 Å². The highest BCUT2D eigenvalue weighted by atomic mass is 35.5. The van der Waals surface area contributed by atoms with Crippen molar-refractivity contribution in [2.75, 3.05) is 62.3 Å². The third-order valence-electron chi connectivity index (χ3n) is 7.69. The first-order valence-electron chi connectivity index (χ1n) is 14.0. The second-order valence-corrected chi connectivity index (χ2v) is 10.6. The van der Waals surface area contributed by atoms with Gasteiger partial charge in [-0.25, -0.2) is 0 Å². The smallest absolute Gasteiger partial charge is 0.243 e. The van der Waals surface area contributed by atoms with Gasteiger partial charge in [0.1, 0.15) is 5.58 Å². The predicted molar refractivity (Wildman–Crippen MR) is 161 cm³/mol. The first kappa shape index (κ1) is 26.7. The average molecular weight is 560 g/mol. The minimum Gasteiger partial charge on any atom is -0.485 e. The van der Waals surface area contributed by atoms with Crippen LogP contribution in [-0.4, -0.2) is 58.6 Å². The molecule has 0 amide bonds. The summed E-state index contributed by atoms with van der Waals surface area (Å²) in [6.45, 7) is 7.24. The molecule has 2 aliphatic rings. The van der Waals surface area contributed by atoms with Gasteiger partial charge >= 0.3 is 0 Å². The number of nitrogens with zero attached hydrogens (tertiary/aromatic N) is 2. The fourth-order valence-electron chi connectivity index (χ4n) is 5.69. The second kappa shape index (κ2) is 11.9. The van der Waals surface area contributed by atoms with E-state index in [4.69, 9.17) is 25.5 Å². The lowest BCUT2D eigenvalue weighted by molar-refractivity contribution is 0.120. The van der Waals surface area contributed by atoms with Crippen LogP contribution in [0.2, 0.25) is 5.02 Å². The largest absolute Gasteiger partial charge is 0.485 e. The normalized spacial score (nSPS) is 17.8. The number of halogens is 1. The molecule has 8 heteroatoms. The second-order valence-electron chi connectivity index (χ2n) is 10.2. The molecule has 2 aliphatic heterocycles. The van der Waals surface area contributed by atoms with Gasteiger partial charge in [-0.05, 0) is 54.3 Å². The highest BCUT2D eigenvalue weighted by molar-refractivity contribution is 6.30. The Morgan fingerprint density at radius 1 is 0.975 bits per heavy atom. The van der Waals surface area contributed by atoms with Gasteiger partial charge in [-0.2, -0.15) is 0 Å². The Bertz CT molecular complexity index is 1510. The number of fused-ring (bicyclic) bond motifs is 1. The van der Waals surface area contributed by atoms with E-state index in [0.717, 1.165) is 47.9 Å². The van der Waals surface area contributed by atoms with E-state index in [2.05, 4.69) is 34.5 Å². The van der Waals surface area contributed by atoms with Crippen molar-refractivity contribution in [3.63, 3.8) is 0 Å². The standard InChI is InChI=1S/C32H34ClN3O4/c1-2-39-31-30(37)29-27(4-3-5-28(29)40-32(31)35-16-18-38-19-17-35)36-15-14-34-21-26(36)20-22-6-8-23(9-7-22)24-10-12-25(33)13-11-24/h3-13,26,34H,2,14-21H2,1H3. The lowest BCUT2D eigenvalue weighted by Crippen LogP contribution is -2.52. The molecule has 2 fully saturated rings. The van der Waals surface area contributed by atoms with E-state index in [1.54, 1.807) is 0 Å². The molecule has 1 unspecified atom stereocenters. The number of ether oxygens (including phenoxy) is 2. The van der Waals surface area contributed by atoms with E-state index >= 15 is 0 Å². The molecule has 0 aliphatic carbocycles. The minimum absolute atomic E-state index is 0.121. The van der Waals surface area contributed by atoms with Crippen LogP contribution < -0.4 is 25.3 Å². The molecule has 1 aromatic heterocycles. The summed E-state index contributed by atoms with van der Waals surface area (Å²) < 4.78 is 17.8. The van der Waals surface area contributed by atoms with Crippen LogP contribution in [0.15, 0.2) is 75.9 Å². The van der Waals surface area contributed by atoms with Crippen LogP contribution in [0.4, 0.5) is 11.6 Å². The molecule has 1 atom stereocenters. The molecule has 1 N–H and O–H groups in total. The lowest BCUT2D eigenvalue weighted by atomic mass is 9.98. The Labute approximate surface area is 239 Å². The molecule has 3 aromatic carbocycles. The molecule has 208 valence electrons. The summed E-state index contributed by atoms with van der Waals surface area (Å²) in [7, 11) is 0. The maximum absolute atomic E-state index is 14.0. The van der Waals surface area contributed by atoms with E-state index < -0.39 is 0 Å². The zero-order valence-electron chi connectivity index (χ0n) is 22.7. The molecule has 0 spiro atoms. The molecular weight excluding hydrogens is 526 g/mol. The summed E-state index contributed by atoms with van der Waals surface area (Å²) in [4.78, 5) is 18.4. The van der Waals surface area contributed by atoms with E-state index in [1.165, 1.54) is 5.56 Å². The van der Waals surface area contributed by atoms with Crippen molar-refractivity contribution in [1.29, 1.82) is 0 Å². The zero-order chi connectivity index (χ0) is 27.5. The van der Waals surface area contributed by atoms with Crippen molar-refractivity contribution in [2.24, 2.45) is 0 Å². The Morgan fingerprint density at radius 3 is 2.42 bits per heavy atom. The third kappa shape index (κ3) is 5.42. The summed E-state index contributed by atoms with van der Waals surface area (Å²) in [5.41, 5.74) is 4.89. The van der Waals surface area contributed by atoms with Crippen molar-refractivity contribution >= 4 is 34.1 Å². The Hall–Kier alpha value is -3.52. The topological polar surface area (TPSA) is 67.2 Å². The van der Waals surface area contributed by atoms with Crippen LogP contribution in [0, 0.1) is 0 Å². The quantitative estimate of drug-likeness (QED) is 0.326. The molecule has 0 saturated carbocycles. The number of benzene rings is 3. The predicted octanol–water partition coefficient (Wildman–Crippen LogP) is 5.37. The molecule has 6 rings (SSSR count). The van der Waals surface area contributed by atoms with Gasteiger partial charge in [-0.15, -0.1) is 0 Å². The summed E-state index contributed by atoms with van der Waals surface area (Å²) in [5.74, 6) is 0.784. The number of anilines is 2. The molecule has 2 saturated heterocycles. The van der Waals surface area contributed by atoms with Crippen molar-refractivity contribution in [2.45, 2.75) is 19.4 Å². The van der Waals surface area contributed by atoms with E-state index in [1.807, 2.05) is 54.3 Å². The number of hydrogen-bond acceptors (Lipinski definition) is 7. The molecule has 40 heavy (non-hydrogen) atoms. The van der Waals surface area contributed by atoms with Crippen LogP contribution in [0.1, 0.15) is 12.5 Å². The summed E-state index contributed by atoms with van der Waals surface area (Å²) in [5, 5.41) is 4.86. The number of nitrogens with one attached hydrogen (secondary N) is 1. The number of hydrogen-bond donors (Lipinski definition) is 1. The van der Waals surface area contributed by atoms with Gasteiger partial charge in [0.15, 0.2) is 0 Å². The van der Waals surface area contributed by atoms with Gasteiger partial charge in [0.05, 0.1) is 30.9 Å². The minimum atomic E-state index is -0.121. The van der Waals surface area contributed by atoms with Gasteiger partial charge in [-0.1, -0.05) is 54.1 Å². The van der Waals surface area contributed by atoms with Gasteiger partial charge in [0.25, 0.3) is 0 Å². The fourth-order valence-corrected chi connectivity index (χ4v) is 5.81. The van der Waals surface area contributed by atoms with Crippen molar-refractivity contribution in [3.8, 4) is 16.9 Å². The highest BCUT2D eigenvalue weighted by Crippen LogP contribution is 2.35. The van der Waals surface area contributed by atoms with Crippen molar-refractivity contribution < 1.29 is 13.9 Å². The number of piperazine rings is 1. The molecule has 0 radical (unpaired) electrons. The molecule has 7 nitrogen and oxygen atoms in total. The highest BCUT2D eigenvalue weighted by Gasteiger charge is 2.29. The SMILES string of the molecule is CCOc1c(N2CCOCC2)oc2cccc(N3CCNCC3Cc3ccc(-c4ccc(Cl)cc4)cc3)c2c1=O. The molecular formula is C32H34ClN3O4. The number of rotatable bonds is 7. The monoisotopic (exact) mass is 559 g/mol. The summed E-state index contributed by atoms with van der Waals surface area (Å²) >= 11 is 6.06.